The Labute approximate surface area is 173 Å². The number of para-hydroxylation sites is 1. The van der Waals surface area contributed by atoms with Gasteiger partial charge in [0.15, 0.2) is 5.78 Å². The summed E-state index contributed by atoms with van der Waals surface area (Å²) in [5.41, 5.74) is 7.35. The van der Waals surface area contributed by atoms with E-state index in [2.05, 4.69) is 53.2 Å². The molecule has 1 atom stereocenters. The number of allylic oxidation sites excluding steroid dienone is 2. The fourth-order valence-corrected chi connectivity index (χ4v) is 5.35. The van der Waals surface area contributed by atoms with Gasteiger partial charge in [-0.2, -0.15) is 0 Å². The highest BCUT2D eigenvalue weighted by Gasteiger charge is 2.38. The van der Waals surface area contributed by atoms with E-state index in [-0.39, 0.29) is 17.5 Å². The summed E-state index contributed by atoms with van der Waals surface area (Å²) in [5, 5.41) is 5.93. The molecule has 0 saturated carbocycles. The van der Waals surface area contributed by atoms with Crippen molar-refractivity contribution in [2.24, 2.45) is 0 Å². The zero-order valence-electron chi connectivity index (χ0n) is 16.7. The molecule has 30 heavy (non-hydrogen) atoms. The smallest absolute Gasteiger partial charge is 0.161 e. The lowest BCUT2D eigenvalue weighted by Gasteiger charge is -2.30. The minimum Gasteiger partial charge on any atom is -0.358 e. The maximum atomic E-state index is 13.7. The van der Waals surface area contributed by atoms with Crippen molar-refractivity contribution < 1.29 is 9.18 Å². The standard InChI is InChI=1S/C26H21FN2O/c1-2-29-20-6-4-3-5-17(20)24-21(29)13-11-19-26(24)23(15-7-9-16(27)10-8-15)25-18(28-19)12-14-22(25)30/h3-11,13,23,28H,2,12,14H2,1H3. The van der Waals surface area contributed by atoms with Crippen LogP contribution in [0, 0.1) is 5.82 Å². The monoisotopic (exact) mass is 396 g/mol. The third-order valence-corrected chi connectivity index (χ3v) is 6.59. The van der Waals surface area contributed by atoms with Crippen LogP contribution in [0.1, 0.15) is 36.8 Å². The van der Waals surface area contributed by atoms with Gasteiger partial charge in [0.2, 0.25) is 0 Å². The van der Waals surface area contributed by atoms with E-state index in [1.165, 1.54) is 33.9 Å². The topological polar surface area (TPSA) is 34.0 Å². The Balaban J connectivity index is 1.75. The average Bonchev–Trinajstić information content (AvgIpc) is 3.30. The van der Waals surface area contributed by atoms with Gasteiger partial charge in [-0.3, -0.25) is 4.79 Å². The number of Topliss-reactive ketones (excluding diaryl/α,β-unsaturated/α-hetero) is 1. The van der Waals surface area contributed by atoms with Crippen molar-refractivity contribution in [3.05, 3.63) is 88.9 Å². The molecular formula is C26H21FN2O. The van der Waals surface area contributed by atoms with E-state index >= 15 is 0 Å². The van der Waals surface area contributed by atoms with Crippen molar-refractivity contribution >= 4 is 33.3 Å². The van der Waals surface area contributed by atoms with Crippen LogP contribution in [0.25, 0.3) is 21.8 Å². The molecule has 4 aromatic rings. The van der Waals surface area contributed by atoms with Gasteiger partial charge in [-0.25, -0.2) is 4.39 Å². The van der Waals surface area contributed by atoms with Crippen LogP contribution in [0.15, 0.2) is 71.9 Å². The average molecular weight is 396 g/mol. The summed E-state index contributed by atoms with van der Waals surface area (Å²) in [7, 11) is 0. The van der Waals surface area contributed by atoms with Gasteiger partial charge in [0.05, 0.1) is 0 Å². The van der Waals surface area contributed by atoms with Crippen LogP contribution in [-0.2, 0) is 11.3 Å². The molecule has 148 valence electrons. The molecule has 0 bridgehead atoms. The molecule has 4 heteroatoms. The number of carbonyl (C=O) groups excluding carboxylic acids is 1. The quantitative estimate of drug-likeness (QED) is 0.442. The number of fused-ring (bicyclic) bond motifs is 5. The van der Waals surface area contributed by atoms with E-state index < -0.39 is 0 Å². The van der Waals surface area contributed by atoms with Crippen LogP contribution in [0.3, 0.4) is 0 Å². The second-order valence-electron chi connectivity index (χ2n) is 8.11. The first kappa shape index (κ1) is 17.5. The van der Waals surface area contributed by atoms with E-state index in [0.29, 0.717) is 6.42 Å². The number of nitrogens with one attached hydrogen (secondary N) is 1. The third kappa shape index (κ3) is 2.28. The highest BCUT2D eigenvalue weighted by Crippen LogP contribution is 2.50. The summed E-state index contributed by atoms with van der Waals surface area (Å²) < 4.78 is 16.0. The second kappa shape index (κ2) is 6.30. The lowest BCUT2D eigenvalue weighted by molar-refractivity contribution is -0.115. The molecule has 3 aromatic carbocycles. The summed E-state index contributed by atoms with van der Waals surface area (Å²) >= 11 is 0. The number of hydrogen-bond acceptors (Lipinski definition) is 2. The molecule has 1 aromatic heterocycles. The van der Waals surface area contributed by atoms with Gasteiger partial charge in [0.25, 0.3) is 0 Å². The molecular weight excluding hydrogens is 375 g/mol. The van der Waals surface area contributed by atoms with E-state index in [4.69, 9.17) is 0 Å². The Morgan fingerprint density at radius 1 is 1.00 bits per heavy atom. The van der Waals surface area contributed by atoms with Crippen molar-refractivity contribution in [2.75, 3.05) is 5.32 Å². The molecule has 3 nitrogen and oxygen atoms in total. The number of rotatable bonds is 2. The zero-order valence-corrected chi connectivity index (χ0v) is 16.7. The van der Waals surface area contributed by atoms with Crippen LogP contribution in [-0.4, -0.2) is 10.4 Å². The summed E-state index contributed by atoms with van der Waals surface area (Å²) in [6.45, 7) is 3.02. The number of aromatic nitrogens is 1. The molecule has 1 unspecified atom stereocenters. The fraction of sp³-hybridized carbons (Fsp3) is 0.192. The fourth-order valence-electron chi connectivity index (χ4n) is 5.35. The van der Waals surface area contributed by atoms with Crippen LogP contribution in [0.2, 0.25) is 0 Å². The maximum Gasteiger partial charge on any atom is 0.161 e. The van der Waals surface area contributed by atoms with Crippen molar-refractivity contribution in [1.82, 2.24) is 4.57 Å². The van der Waals surface area contributed by atoms with E-state index in [9.17, 15) is 9.18 Å². The minimum atomic E-state index is -0.263. The molecule has 1 aliphatic heterocycles. The van der Waals surface area contributed by atoms with Gasteiger partial charge >= 0.3 is 0 Å². The van der Waals surface area contributed by atoms with Crippen molar-refractivity contribution in [3.8, 4) is 0 Å². The number of benzene rings is 3. The van der Waals surface area contributed by atoms with Gasteiger partial charge in [0, 0.05) is 57.6 Å². The number of halogens is 1. The number of nitrogens with zero attached hydrogens (tertiary/aromatic N) is 1. The largest absolute Gasteiger partial charge is 0.358 e. The predicted octanol–water partition coefficient (Wildman–Crippen LogP) is 6.13. The summed E-state index contributed by atoms with van der Waals surface area (Å²) in [6.07, 6.45) is 1.27. The van der Waals surface area contributed by atoms with Crippen molar-refractivity contribution in [3.63, 3.8) is 0 Å². The summed E-state index contributed by atoms with van der Waals surface area (Å²) in [6, 6.07) is 19.4. The molecule has 0 radical (unpaired) electrons. The maximum absolute atomic E-state index is 13.7. The first-order valence-electron chi connectivity index (χ1n) is 10.5. The lowest BCUT2D eigenvalue weighted by Crippen LogP contribution is -2.19. The van der Waals surface area contributed by atoms with Crippen LogP contribution in [0.5, 0.6) is 0 Å². The Kier molecular flexibility index (Phi) is 3.66. The van der Waals surface area contributed by atoms with Crippen LogP contribution >= 0.6 is 0 Å². The molecule has 0 fully saturated rings. The minimum absolute atomic E-state index is 0.188. The highest BCUT2D eigenvalue weighted by atomic mass is 19.1. The summed E-state index contributed by atoms with van der Waals surface area (Å²) in [4.78, 5) is 13.0. The molecule has 0 saturated heterocycles. The molecule has 6 rings (SSSR count). The number of hydrogen-bond donors (Lipinski definition) is 1. The van der Waals surface area contributed by atoms with Crippen LogP contribution < -0.4 is 5.32 Å². The zero-order chi connectivity index (χ0) is 20.4. The van der Waals surface area contributed by atoms with Gasteiger partial charge in [-0.1, -0.05) is 30.3 Å². The highest BCUT2D eigenvalue weighted by molar-refractivity contribution is 6.14. The Morgan fingerprint density at radius 2 is 1.80 bits per heavy atom. The normalized spacial score (nSPS) is 18.1. The van der Waals surface area contributed by atoms with Gasteiger partial charge in [-0.15, -0.1) is 0 Å². The number of anilines is 1. The van der Waals surface area contributed by atoms with Gasteiger partial charge in [0.1, 0.15) is 5.82 Å². The summed E-state index contributed by atoms with van der Waals surface area (Å²) in [5.74, 6) is -0.263. The van der Waals surface area contributed by atoms with Gasteiger partial charge in [-0.05, 0) is 54.8 Å². The molecule has 2 aliphatic rings. The lowest BCUT2D eigenvalue weighted by atomic mass is 9.79. The van der Waals surface area contributed by atoms with Gasteiger partial charge < -0.3 is 9.88 Å². The van der Waals surface area contributed by atoms with E-state index in [1.54, 1.807) is 0 Å². The first-order chi connectivity index (χ1) is 14.7. The number of ketones is 1. The van der Waals surface area contributed by atoms with Crippen LogP contribution in [0.4, 0.5) is 10.1 Å². The molecule has 0 amide bonds. The van der Waals surface area contributed by atoms with E-state index in [1.807, 2.05) is 12.1 Å². The van der Waals surface area contributed by atoms with E-state index in [0.717, 1.165) is 41.1 Å². The van der Waals surface area contributed by atoms with Crippen molar-refractivity contribution in [2.45, 2.75) is 32.2 Å². The SMILES string of the molecule is CCn1c2ccccc2c2c3c(ccc21)NC1=C(C(=O)CC1)C3c1ccc(F)cc1. The number of carbonyl (C=O) groups is 1. The molecule has 0 spiro atoms. The Hall–Kier alpha value is -3.40. The first-order valence-corrected chi connectivity index (χ1v) is 10.5. The number of aryl methyl sites for hydroxylation is 1. The molecule has 1 aliphatic carbocycles. The second-order valence-corrected chi connectivity index (χ2v) is 8.11. The molecule has 1 N–H and O–H groups in total. The van der Waals surface area contributed by atoms with Crippen molar-refractivity contribution in [1.29, 1.82) is 0 Å². The third-order valence-electron chi connectivity index (χ3n) is 6.59. The molecule has 2 heterocycles. The predicted molar refractivity (Wildman–Crippen MR) is 118 cm³/mol. The Morgan fingerprint density at radius 3 is 2.60 bits per heavy atom. The Bertz CT molecular complexity index is 1380.